The Kier molecular flexibility index (Phi) is 5.10. The van der Waals surface area contributed by atoms with E-state index < -0.39 is 6.10 Å². The standard InChI is InChI=1S/C19H20N3O3S/c23-15-2-1-14(7-15)22-19-16(8-20-11-21-19)18(24)17-6-13(10-26-17)5-12-3-4-25-9-12/h2-3,6,8,10-11,14-15,23H,1,4-5,7,9H2,(H,20,21,22)/t14-,15+/m1/s1. The maximum absolute atomic E-state index is 12.9. The molecule has 135 valence electrons. The Morgan fingerprint density at radius 2 is 2.38 bits per heavy atom. The highest BCUT2D eigenvalue weighted by atomic mass is 32.1. The molecule has 2 aromatic heterocycles. The van der Waals surface area contributed by atoms with E-state index in [2.05, 4.69) is 21.4 Å². The summed E-state index contributed by atoms with van der Waals surface area (Å²) in [6.07, 6.45) is 8.74. The van der Waals surface area contributed by atoms with Gasteiger partial charge in [0.05, 0.1) is 29.8 Å². The minimum absolute atomic E-state index is 0.0801. The maximum Gasteiger partial charge on any atom is 0.208 e. The van der Waals surface area contributed by atoms with Gasteiger partial charge in [-0.25, -0.2) is 9.97 Å². The summed E-state index contributed by atoms with van der Waals surface area (Å²) < 4.78 is 5.34. The van der Waals surface area contributed by atoms with Gasteiger partial charge in [-0.05, 0) is 48.3 Å². The second-order valence-electron chi connectivity index (χ2n) is 6.60. The lowest BCUT2D eigenvalue weighted by Gasteiger charge is -2.14. The number of aliphatic hydroxyl groups excluding tert-OH is 1. The second kappa shape index (κ2) is 7.65. The van der Waals surface area contributed by atoms with Crippen molar-refractivity contribution in [2.24, 2.45) is 0 Å². The maximum atomic E-state index is 12.9. The van der Waals surface area contributed by atoms with Crippen molar-refractivity contribution < 1.29 is 14.6 Å². The monoisotopic (exact) mass is 370 g/mol. The third-order valence-electron chi connectivity index (χ3n) is 4.60. The van der Waals surface area contributed by atoms with Crippen LogP contribution >= 0.6 is 11.3 Å². The highest BCUT2D eigenvalue weighted by Gasteiger charge is 2.25. The predicted molar refractivity (Wildman–Crippen MR) is 99.3 cm³/mol. The zero-order chi connectivity index (χ0) is 17.9. The summed E-state index contributed by atoms with van der Waals surface area (Å²) in [6.45, 7) is 1.35. The van der Waals surface area contributed by atoms with Gasteiger partial charge >= 0.3 is 0 Å². The van der Waals surface area contributed by atoms with Crippen LogP contribution in [0.1, 0.15) is 33.6 Å². The molecule has 1 radical (unpaired) electrons. The summed E-state index contributed by atoms with van der Waals surface area (Å²) >= 11 is 1.44. The molecule has 6 nitrogen and oxygen atoms in total. The molecular weight excluding hydrogens is 350 g/mol. The highest BCUT2D eigenvalue weighted by molar-refractivity contribution is 7.12. The molecule has 2 atom stereocenters. The molecule has 1 aliphatic carbocycles. The lowest BCUT2D eigenvalue weighted by atomic mass is 10.1. The minimum atomic E-state index is -0.401. The smallest absolute Gasteiger partial charge is 0.208 e. The fourth-order valence-corrected chi connectivity index (χ4v) is 4.12. The van der Waals surface area contributed by atoms with Gasteiger partial charge in [-0.3, -0.25) is 4.79 Å². The number of ether oxygens (including phenoxy) is 1. The van der Waals surface area contributed by atoms with Gasteiger partial charge in [0.2, 0.25) is 5.78 Å². The number of nitrogens with one attached hydrogen (secondary N) is 1. The van der Waals surface area contributed by atoms with Crippen LogP contribution in [0.15, 0.2) is 35.6 Å². The zero-order valence-electron chi connectivity index (χ0n) is 14.2. The Morgan fingerprint density at radius 1 is 1.46 bits per heavy atom. The number of aromatic nitrogens is 2. The van der Waals surface area contributed by atoms with E-state index >= 15 is 0 Å². The summed E-state index contributed by atoms with van der Waals surface area (Å²) in [5.41, 5.74) is 2.84. The lowest BCUT2D eigenvalue weighted by Crippen LogP contribution is -2.20. The van der Waals surface area contributed by atoms with Gasteiger partial charge in [0.25, 0.3) is 0 Å². The quantitative estimate of drug-likeness (QED) is 0.600. The Balaban J connectivity index is 1.50. The summed E-state index contributed by atoms with van der Waals surface area (Å²) in [7, 11) is 0. The first-order chi connectivity index (χ1) is 12.7. The van der Waals surface area contributed by atoms with Gasteiger partial charge in [0.15, 0.2) is 0 Å². The van der Waals surface area contributed by atoms with Crippen molar-refractivity contribution in [2.75, 3.05) is 18.5 Å². The van der Waals surface area contributed by atoms with E-state index in [1.165, 1.54) is 23.2 Å². The Morgan fingerprint density at radius 3 is 3.15 bits per heavy atom. The molecule has 3 heterocycles. The number of ketones is 1. The van der Waals surface area contributed by atoms with Crippen molar-refractivity contribution in [1.82, 2.24) is 9.97 Å². The van der Waals surface area contributed by atoms with E-state index in [-0.39, 0.29) is 11.8 Å². The zero-order valence-corrected chi connectivity index (χ0v) is 15.0. The van der Waals surface area contributed by atoms with Crippen molar-refractivity contribution in [2.45, 2.75) is 31.4 Å². The minimum Gasteiger partial charge on any atom is -0.393 e. The average molecular weight is 370 g/mol. The molecule has 4 rings (SSSR count). The van der Waals surface area contributed by atoms with Crippen molar-refractivity contribution in [3.63, 3.8) is 0 Å². The van der Waals surface area contributed by atoms with E-state index in [0.29, 0.717) is 35.9 Å². The molecule has 2 aromatic rings. The van der Waals surface area contributed by atoms with E-state index in [1.807, 2.05) is 17.9 Å². The summed E-state index contributed by atoms with van der Waals surface area (Å²) in [4.78, 5) is 21.9. The van der Waals surface area contributed by atoms with E-state index in [1.54, 1.807) is 6.20 Å². The van der Waals surface area contributed by atoms with Crippen molar-refractivity contribution in [1.29, 1.82) is 0 Å². The molecule has 0 saturated heterocycles. The number of carbonyl (C=O) groups excluding carboxylic acids is 1. The molecule has 1 fully saturated rings. The van der Waals surface area contributed by atoms with Crippen molar-refractivity contribution >= 4 is 22.9 Å². The van der Waals surface area contributed by atoms with Crippen LogP contribution in [0.4, 0.5) is 5.82 Å². The van der Waals surface area contributed by atoms with Gasteiger partial charge in [0, 0.05) is 12.2 Å². The van der Waals surface area contributed by atoms with Crippen LogP contribution < -0.4 is 5.32 Å². The van der Waals surface area contributed by atoms with E-state index in [0.717, 1.165) is 18.4 Å². The largest absolute Gasteiger partial charge is 0.393 e. The van der Waals surface area contributed by atoms with Crippen molar-refractivity contribution in [3.8, 4) is 0 Å². The molecule has 26 heavy (non-hydrogen) atoms. The number of rotatable bonds is 6. The number of carbonyl (C=O) groups is 1. The molecule has 0 spiro atoms. The number of nitrogens with zero attached hydrogens (tertiary/aromatic N) is 2. The number of hydrogen-bond donors (Lipinski definition) is 2. The van der Waals surface area contributed by atoms with Gasteiger partial charge in [0.1, 0.15) is 12.1 Å². The van der Waals surface area contributed by atoms with Crippen LogP contribution in [0.5, 0.6) is 0 Å². The first-order valence-corrected chi connectivity index (χ1v) is 9.52. The molecule has 0 aromatic carbocycles. The van der Waals surface area contributed by atoms with Crippen LogP contribution in [-0.2, 0) is 11.2 Å². The van der Waals surface area contributed by atoms with Crippen LogP contribution in [0.25, 0.3) is 0 Å². The van der Waals surface area contributed by atoms with Gasteiger partial charge in [-0.2, -0.15) is 0 Å². The topological polar surface area (TPSA) is 84.3 Å². The first-order valence-electron chi connectivity index (χ1n) is 8.64. The molecular formula is C19H20N3O3S. The number of anilines is 1. The summed E-state index contributed by atoms with van der Waals surface area (Å²) in [6, 6.07) is 2.02. The molecule has 1 saturated carbocycles. The van der Waals surface area contributed by atoms with Gasteiger partial charge < -0.3 is 15.2 Å². The Hall–Kier alpha value is -2.09. The molecule has 0 bridgehead atoms. The van der Waals surface area contributed by atoms with Crippen LogP contribution in [0, 0.1) is 6.42 Å². The Bertz CT molecular complexity index is 833. The molecule has 0 unspecified atom stereocenters. The number of thiophene rings is 1. The molecule has 2 aliphatic rings. The molecule has 2 N–H and O–H groups in total. The molecule has 0 amide bonds. The number of hydrogen-bond acceptors (Lipinski definition) is 7. The second-order valence-corrected chi connectivity index (χ2v) is 7.51. The summed E-state index contributed by atoms with van der Waals surface area (Å²) in [5, 5.41) is 14.9. The molecule has 1 aliphatic heterocycles. The van der Waals surface area contributed by atoms with E-state index in [9.17, 15) is 9.90 Å². The van der Waals surface area contributed by atoms with Crippen molar-refractivity contribution in [3.05, 3.63) is 58.0 Å². The third-order valence-corrected chi connectivity index (χ3v) is 5.58. The van der Waals surface area contributed by atoms with Gasteiger partial charge in [-0.15, -0.1) is 11.3 Å². The first kappa shape index (κ1) is 17.3. The lowest BCUT2D eigenvalue weighted by molar-refractivity contribution is 0.104. The van der Waals surface area contributed by atoms with Gasteiger partial charge in [-0.1, -0.05) is 6.08 Å². The Labute approximate surface area is 156 Å². The third kappa shape index (κ3) is 3.85. The molecule has 7 heteroatoms. The normalized spacial score (nSPS) is 22.4. The SMILES string of the molecule is O=C(c1cc(CC2=CCOC2)cs1)c1cncnc1N[C@@H]1C[CH][C@H](O)C1. The average Bonchev–Trinajstić information content (AvgIpc) is 3.39. The van der Waals surface area contributed by atoms with Crippen LogP contribution in [0.3, 0.4) is 0 Å². The highest BCUT2D eigenvalue weighted by Crippen LogP contribution is 2.26. The summed E-state index contributed by atoms with van der Waals surface area (Å²) in [5.74, 6) is 0.447. The fraction of sp³-hybridized carbons (Fsp3) is 0.368. The predicted octanol–water partition coefficient (Wildman–Crippen LogP) is 2.41. The van der Waals surface area contributed by atoms with Crippen LogP contribution in [-0.4, -0.2) is 46.2 Å². The van der Waals surface area contributed by atoms with Crippen LogP contribution in [0.2, 0.25) is 0 Å². The fourth-order valence-electron chi connectivity index (χ4n) is 3.26. The van der Waals surface area contributed by atoms with E-state index in [4.69, 9.17) is 4.74 Å². The number of aliphatic hydroxyl groups is 1.